The lowest BCUT2D eigenvalue weighted by Gasteiger charge is -2.30. The Balaban J connectivity index is 1.30. The van der Waals surface area contributed by atoms with E-state index < -0.39 is 0 Å². The van der Waals surface area contributed by atoms with E-state index in [1.54, 1.807) is 7.11 Å². The Morgan fingerprint density at radius 2 is 1.93 bits per heavy atom. The molecule has 1 aromatic heterocycles. The maximum atomic E-state index is 12.3. The van der Waals surface area contributed by atoms with E-state index in [4.69, 9.17) is 18.9 Å². The molecule has 3 aromatic rings. The summed E-state index contributed by atoms with van der Waals surface area (Å²) in [6.07, 6.45) is 1.77. The first-order valence-electron chi connectivity index (χ1n) is 13.9. The molecule has 2 N–H and O–H groups in total. The molecule has 1 saturated carbocycles. The second kappa shape index (κ2) is 12.1. The lowest BCUT2D eigenvalue weighted by molar-refractivity contribution is -0.145. The molecule has 9 nitrogen and oxygen atoms in total. The summed E-state index contributed by atoms with van der Waals surface area (Å²) < 4.78 is 23.9. The number of carbonyl (C=O) groups is 1. The highest BCUT2D eigenvalue weighted by Crippen LogP contribution is 2.42. The zero-order valence-electron chi connectivity index (χ0n) is 23.3. The summed E-state index contributed by atoms with van der Waals surface area (Å²) in [5.41, 5.74) is 3.53. The summed E-state index contributed by atoms with van der Waals surface area (Å²) in [5.74, 6) is 2.26. The quantitative estimate of drug-likeness (QED) is 0.296. The van der Waals surface area contributed by atoms with Crippen LogP contribution in [0.25, 0.3) is 0 Å². The van der Waals surface area contributed by atoms with Gasteiger partial charge in [0.05, 0.1) is 32.8 Å². The van der Waals surface area contributed by atoms with Crippen molar-refractivity contribution in [2.45, 2.75) is 45.8 Å². The number of methoxy groups -OCH3 is 1. The highest BCUT2D eigenvalue weighted by atomic mass is 16.5. The third kappa shape index (κ3) is 6.14. The molecule has 2 aliphatic rings. The third-order valence-corrected chi connectivity index (χ3v) is 7.85. The second-order valence-electron chi connectivity index (χ2n) is 10.5. The molecule has 3 atom stereocenters. The van der Waals surface area contributed by atoms with Crippen LogP contribution in [0.2, 0.25) is 0 Å². The monoisotopic (exact) mass is 550 g/mol. The van der Waals surface area contributed by atoms with Crippen LogP contribution in [-0.2, 0) is 29.0 Å². The Labute approximate surface area is 234 Å². The molecule has 5 rings (SSSR count). The Hall–Kier alpha value is -3.85. The van der Waals surface area contributed by atoms with Crippen molar-refractivity contribution in [3.63, 3.8) is 0 Å². The molecule has 0 spiro atoms. The molecule has 0 bridgehead atoms. The maximum absolute atomic E-state index is 12.3. The van der Waals surface area contributed by atoms with E-state index in [2.05, 4.69) is 30.0 Å². The average Bonchev–Trinajstić information content (AvgIpc) is 3.44. The van der Waals surface area contributed by atoms with Gasteiger partial charge in [-0.2, -0.15) is 0 Å². The fourth-order valence-electron chi connectivity index (χ4n) is 5.41. The van der Waals surface area contributed by atoms with Gasteiger partial charge in [0.2, 0.25) is 0 Å². The summed E-state index contributed by atoms with van der Waals surface area (Å²) in [5, 5.41) is 19.7. The molecule has 9 heteroatoms. The van der Waals surface area contributed by atoms with Gasteiger partial charge in [0.1, 0.15) is 12.4 Å². The fourth-order valence-corrected chi connectivity index (χ4v) is 5.41. The lowest BCUT2D eigenvalue weighted by Crippen LogP contribution is -2.30. The minimum atomic E-state index is -0.0977. The molecular weight excluding hydrogens is 512 g/mol. The van der Waals surface area contributed by atoms with E-state index >= 15 is 0 Å². The first-order chi connectivity index (χ1) is 19.4. The zero-order valence-corrected chi connectivity index (χ0v) is 23.3. The first-order valence-corrected chi connectivity index (χ1v) is 13.9. The molecule has 2 heterocycles. The topological polar surface area (TPSA) is 103 Å². The molecule has 0 saturated heterocycles. The highest BCUT2D eigenvalue weighted by Gasteiger charge is 2.45. The molecule has 40 heavy (non-hydrogen) atoms. The van der Waals surface area contributed by atoms with Crippen LogP contribution in [-0.4, -0.2) is 59.1 Å². The standard InChI is InChI=1S/C31H38N2O7/c1-4-38-31(36)25-17-24(25)19-32(20(2)22-6-8-26-23(16-22)11-13-39-26)18-21-5-7-27(28(15-21)37-3)40-14-12-33-29(34)9-10-30(33)35/h5-10,15-16,20,24-25,34-35H,4,11-14,17-19H2,1-3H3/t20?,24-,25+/m0/s1. The van der Waals surface area contributed by atoms with Gasteiger partial charge < -0.3 is 29.2 Å². The number of fused-ring (bicyclic) bond motifs is 1. The number of rotatable bonds is 13. The maximum Gasteiger partial charge on any atom is 0.309 e. The van der Waals surface area contributed by atoms with Crippen LogP contribution in [0.4, 0.5) is 0 Å². The molecule has 0 amide bonds. The molecule has 1 aliphatic carbocycles. The van der Waals surface area contributed by atoms with Crippen LogP contribution >= 0.6 is 0 Å². The smallest absolute Gasteiger partial charge is 0.309 e. The van der Waals surface area contributed by atoms with Gasteiger partial charge in [0, 0.05) is 37.7 Å². The van der Waals surface area contributed by atoms with Gasteiger partial charge in [-0.25, -0.2) is 0 Å². The van der Waals surface area contributed by atoms with E-state index in [9.17, 15) is 15.0 Å². The second-order valence-corrected chi connectivity index (χ2v) is 10.5. The van der Waals surface area contributed by atoms with E-state index in [0.29, 0.717) is 24.7 Å². The molecule has 1 unspecified atom stereocenters. The van der Waals surface area contributed by atoms with Crippen molar-refractivity contribution < 1.29 is 34.0 Å². The van der Waals surface area contributed by atoms with Crippen molar-refractivity contribution in [3.8, 4) is 29.0 Å². The molecule has 1 fully saturated rings. The Morgan fingerprint density at radius 1 is 1.12 bits per heavy atom. The van der Waals surface area contributed by atoms with E-state index in [1.165, 1.54) is 27.8 Å². The van der Waals surface area contributed by atoms with Gasteiger partial charge in [-0.1, -0.05) is 18.2 Å². The Bertz CT molecular complexity index is 1320. The zero-order chi connectivity index (χ0) is 28.2. The molecule has 0 radical (unpaired) electrons. The van der Waals surface area contributed by atoms with Crippen molar-refractivity contribution in [2.24, 2.45) is 11.8 Å². The van der Waals surface area contributed by atoms with Gasteiger partial charge in [0.25, 0.3) is 0 Å². The fraction of sp³-hybridized carbons (Fsp3) is 0.452. The minimum absolute atomic E-state index is 0.0191. The molecular formula is C31H38N2O7. The van der Waals surface area contributed by atoms with Crippen molar-refractivity contribution >= 4 is 5.97 Å². The van der Waals surface area contributed by atoms with Gasteiger partial charge >= 0.3 is 5.97 Å². The molecule has 1 aliphatic heterocycles. The van der Waals surface area contributed by atoms with Crippen LogP contribution in [0.3, 0.4) is 0 Å². The van der Waals surface area contributed by atoms with E-state index in [-0.39, 0.29) is 48.8 Å². The summed E-state index contributed by atoms with van der Waals surface area (Å²) >= 11 is 0. The SMILES string of the molecule is CCOC(=O)[C@@H]1C[C@H]1CN(Cc1ccc(OCCn2c(O)ccc2O)c(OC)c1)C(C)c1ccc2c(c1)CCO2. The minimum Gasteiger partial charge on any atom is -0.494 e. The first kappa shape index (κ1) is 27.7. The number of hydrogen-bond acceptors (Lipinski definition) is 8. The van der Waals surface area contributed by atoms with Crippen LogP contribution in [0.1, 0.15) is 43.0 Å². The highest BCUT2D eigenvalue weighted by molar-refractivity contribution is 5.75. The van der Waals surface area contributed by atoms with E-state index in [0.717, 1.165) is 37.3 Å². The normalized spacial score (nSPS) is 18.2. The van der Waals surface area contributed by atoms with Crippen LogP contribution in [0.5, 0.6) is 29.0 Å². The number of carbonyl (C=O) groups excluding carboxylic acids is 1. The largest absolute Gasteiger partial charge is 0.494 e. The van der Waals surface area contributed by atoms with Crippen LogP contribution < -0.4 is 14.2 Å². The number of nitrogens with zero attached hydrogens (tertiary/aromatic N) is 2. The number of aromatic hydroxyl groups is 2. The van der Waals surface area contributed by atoms with E-state index in [1.807, 2.05) is 25.1 Å². The van der Waals surface area contributed by atoms with Gasteiger partial charge in [-0.15, -0.1) is 0 Å². The van der Waals surface area contributed by atoms with Crippen LogP contribution in [0, 0.1) is 11.8 Å². The number of hydrogen-bond donors (Lipinski definition) is 2. The van der Waals surface area contributed by atoms with Gasteiger partial charge in [-0.05, 0) is 61.1 Å². The molecule has 214 valence electrons. The Morgan fingerprint density at radius 3 is 2.67 bits per heavy atom. The lowest BCUT2D eigenvalue weighted by atomic mass is 10.0. The third-order valence-electron chi connectivity index (χ3n) is 7.85. The van der Waals surface area contributed by atoms with Crippen molar-refractivity contribution in [1.82, 2.24) is 9.47 Å². The number of ether oxygens (including phenoxy) is 4. The van der Waals surface area contributed by atoms with Crippen molar-refractivity contribution in [3.05, 3.63) is 65.2 Å². The predicted molar refractivity (Wildman–Crippen MR) is 149 cm³/mol. The predicted octanol–water partition coefficient (Wildman–Crippen LogP) is 4.68. The van der Waals surface area contributed by atoms with Gasteiger partial charge in [0.15, 0.2) is 23.3 Å². The average molecular weight is 551 g/mol. The summed E-state index contributed by atoms with van der Waals surface area (Å²) in [6.45, 7) is 7.16. The number of benzene rings is 2. The number of aromatic nitrogens is 1. The van der Waals surface area contributed by atoms with Gasteiger partial charge in [-0.3, -0.25) is 14.3 Å². The van der Waals surface area contributed by atoms with Crippen molar-refractivity contribution in [2.75, 3.05) is 33.5 Å². The van der Waals surface area contributed by atoms with Crippen molar-refractivity contribution in [1.29, 1.82) is 0 Å². The number of esters is 1. The summed E-state index contributed by atoms with van der Waals surface area (Å²) in [6, 6.07) is 15.3. The molecule has 2 aromatic carbocycles. The van der Waals surface area contributed by atoms with Crippen LogP contribution in [0.15, 0.2) is 48.5 Å². The summed E-state index contributed by atoms with van der Waals surface area (Å²) in [4.78, 5) is 14.7. The summed E-state index contributed by atoms with van der Waals surface area (Å²) in [7, 11) is 1.61. The Kier molecular flexibility index (Phi) is 8.40.